The number of hydrogen-bond acceptors (Lipinski definition) is 3. The van der Waals surface area contributed by atoms with Crippen LogP contribution in [-0.4, -0.2) is 10.2 Å². The van der Waals surface area contributed by atoms with Crippen LogP contribution in [0.2, 0.25) is 5.02 Å². The molecule has 1 fully saturated rings. The molecule has 1 saturated heterocycles. The van der Waals surface area contributed by atoms with Gasteiger partial charge in [0.1, 0.15) is 0 Å². The Morgan fingerprint density at radius 3 is 2.46 bits per heavy atom. The van der Waals surface area contributed by atoms with Gasteiger partial charge < -0.3 is 0 Å². The second kappa shape index (κ2) is 7.34. The van der Waals surface area contributed by atoms with Crippen LogP contribution in [0.15, 0.2) is 71.2 Å². The summed E-state index contributed by atoms with van der Waals surface area (Å²) in [5.74, 6) is -0.104. The van der Waals surface area contributed by atoms with Gasteiger partial charge in [-0.2, -0.15) is 0 Å². The van der Waals surface area contributed by atoms with Gasteiger partial charge in [0.2, 0.25) is 0 Å². The number of benzene rings is 2. The van der Waals surface area contributed by atoms with Crippen molar-refractivity contribution >= 4 is 57.6 Å². The molecular formula is C19H14ClNOS2. The molecule has 1 heterocycles. The Morgan fingerprint density at radius 2 is 1.79 bits per heavy atom. The summed E-state index contributed by atoms with van der Waals surface area (Å²) in [6.07, 6.45) is 3.91. The van der Waals surface area contributed by atoms with Gasteiger partial charge in [-0.05, 0) is 48.4 Å². The fourth-order valence-electron chi connectivity index (χ4n) is 2.34. The summed E-state index contributed by atoms with van der Waals surface area (Å²) in [6, 6.07) is 17.1. The molecule has 0 atom stereocenters. The van der Waals surface area contributed by atoms with E-state index in [0.717, 1.165) is 16.8 Å². The van der Waals surface area contributed by atoms with Gasteiger partial charge in [-0.3, -0.25) is 9.69 Å². The fraction of sp³-hybridized carbons (Fsp3) is 0.0526. The molecule has 2 aromatic carbocycles. The van der Waals surface area contributed by atoms with Gasteiger partial charge in [0.05, 0.1) is 10.6 Å². The molecule has 24 heavy (non-hydrogen) atoms. The first-order valence-corrected chi connectivity index (χ1v) is 8.92. The van der Waals surface area contributed by atoms with Crippen molar-refractivity contribution in [3.8, 4) is 0 Å². The molecule has 2 nitrogen and oxygen atoms in total. The lowest BCUT2D eigenvalue weighted by Gasteiger charge is -2.14. The van der Waals surface area contributed by atoms with Crippen LogP contribution in [0.5, 0.6) is 0 Å². The highest BCUT2D eigenvalue weighted by Gasteiger charge is 2.33. The number of thiocarbonyl (C=S) groups is 1. The normalized spacial score (nSPS) is 17.0. The van der Waals surface area contributed by atoms with Crippen molar-refractivity contribution in [2.75, 3.05) is 4.90 Å². The Bertz CT molecular complexity index is 841. The van der Waals surface area contributed by atoms with E-state index in [1.807, 2.05) is 49.4 Å². The van der Waals surface area contributed by atoms with Crippen molar-refractivity contribution in [2.45, 2.75) is 6.92 Å². The van der Waals surface area contributed by atoms with Crippen LogP contribution >= 0.6 is 35.6 Å². The summed E-state index contributed by atoms with van der Waals surface area (Å²) in [7, 11) is 0. The van der Waals surface area contributed by atoms with Crippen LogP contribution in [0, 0.1) is 0 Å². The van der Waals surface area contributed by atoms with E-state index in [0.29, 0.717) is 14.2 Å². The minimum atomic E-state index is -0.104. The third kappa shape index (κ3) is 3.78. The summed E-state index contributed by atoms with van der Waals surface area (Å²) >= 11 is 12.6. The molecule has 0 aliphatic carbocycles. The maximum Gasteiger partial charge on any atom is 0.270 e. The van der Waals surface area contributed by atoms with Gasteiger partial charge in [-0.1, -0.05) is 72.0 Å². The lowest BCUT2D eigenvalue weighted by atomic mass is 10.1. The number of carbonyl (C=O) groups excluding carboxylic acids is 1. The van der Waals surface area contributed by atoms with E-state index in [9.17, 15) is 4.79 Å². The second-order valence-electron chi connectivity index (χ2n) is 5.29. The van der Waals surface area contributed by atoms with Crippen LogP contribution in [-0.2, 0) is 4.79 Å². The quantitative estimate of drug-likeness (QED) is 0.510. The van der Waals surface area contributed by atoms with Gasteiger partial charge >= 0.3 is 0 Å². The fourth-order valence-corrected chi connectivity index (χ4v) is 3.82. The van der Waals surface area contributed by atoms with Gasteiger partial charge in [0.25, 0.3) is 5.91 Å². The predicted molar refractivity (Wildman–Crippen MR) is 107 cm³/mol. The molecule has 0 radical (unpaired) electrons. The maximum atomic E-state index is 12.7. The molecule has 1 aliphatic heterocycles. The first-order chi connectivity index (χ1) is 11.5. The summed E-state index contributed by atoms with van der Waals surface area (Å²) in [5, 5.41) is 0.626. The lowest BCUT2D eigenvalue weighted by molar-refractivity contribution is -0.113. The first-order valence-electron chi connectivity index (χ1n) is 7.31. The van der Waals surface area contributed by atoms with E-state index in [-0.39, 0.29) is 5.91 Å². The smallest absolute Gasteiger partial charge is 0.268 e. The summed E-state index contributed by atoms with van der Waals surface area (Å²) in [6.45, 7) is 1.97. The Labute approximate surface area is 155 Å². The Balaban J connectivity index is 1.85. The van der Waals surface area contributed by atoms with Crippen molar-refractivity contribution in [1.82, 2.24) is 0 Å². The second-order valence-corrected chi connectivity index (χ2v) is 7.40. The number of rotatable bonds is 3. The van der Waals surface area contributed by atoms with Crippen LogP contribution in [0.3, 0.4) is 0 Å². The third-order valence-corrected chi connectivity index (χ3v) is 4.99. The minimum absolute atomic E-state index is 0.104. The highest BCUT2D eigenvalue weighted by molar-refractivity contribution is 8.27. The number of hydrogen-bond donors (Lipinski definition) is 0. The van der Waals surface area contributed by atoms with Crippen LogP contribution in [0.4, 0.5) is 5.69 Å². The summed E-state index contributed by atoms with van der Waals surface area (Å²) in [4.78, 5) is 14.8. The molecule has 0 unspecified atom stereocenters. The Kier molecular flexibility index (Phi) is 5.19. The van der Waals surface area contributed by atoms with Crippen LogP contribution in [0.1, 0.15) is 12.5 Å². The highest BCUT2D eigenvalue weighted by atomic mass is 35.5. The summed E-state index contributed by atoms with van der Waals surface area (Å²) < 4.78 is 0.529. The largest absolute Gasteiger partial charge is 0.270 e. The molecule has 5 heteroatoms. The number of carbonyl (C=O) groups is 1. The van der Waals surface area contributed by atoms with Gasteiger partial charge in [-0.15, -0.1) is 0 Å². The van der Waals surface area contributed by atoms with Gasteiger partial charge in [0, 0.05) is 5.02 Å². The van der Waals surface area contributed by atoms with E-state index in [1.165, 1.54) is 16.7 Å². The van der Waals surface area contributed by atoms with Crippen LogP contribution < -0.4 is 4.90 Å². The minimum Gasteiger partial charge on any atom is -0.268 e. The van der Waals surface area contributed by atoms with E-state index < -0.39 is 0 Å². The Hall–Kier alpha value is -1.88. The van der Waals surface area contributed by atoms with Crippen molar-refractivity contribution < 1.29 is 4.79 Å². The molecule has 3 rings (SSSR count). The molecule has 0 N–H and O–H groups in total. The standard InChI is InChI=1S/C19H14ClNOS2/c1-13(11-14-5-3-2-4-6-14)12-17-18(22)21(19(23)24-17)16-9-7-15(20)8-10-16/h2-12H,1H3/b13-11?,17-12-. The zero-order chi connectivity index (χ0) is 17.1. The van der Waals surface area contributed by atoms with Gasteiger partial charge in [0.15, 0.2) is 4.32 Å². The molecule has 1 amide bonds. The van der Waals surface area contributed by atoms with E-state index in [4.69, 9.17) is 23.8 Å². The molecule has 0 aromatic heterocycles. The first kappa shape index (κ1) is 17.0. The number of anilines is 1. The molecular weight excluding hydrogens is 358 g/mol. The Morgan fingerprint density at radius 1 is 1.12 bits per heavy atom. The average molecular weight is 372 g/mol. The molecule has 120 valence electrons. The number of allylic oxidation sites excluding steroid dienone is 2. The van der Waals surface area contributed by atoms with Gasteiger partial charge in [-0.25, -0.2) is 0 Å². The molecule has 2 aromatic rings. The third-order valence-electron chi connectivity index (χ3n) is 3.43. The van der Waals surface area contributed by atoms with Crippen molar-refractivity contribution in [3.05, 3.63) is 81.7 Å². The number of thioether (sulfide) groups is 1. The monoisotopic (exact) mass is 371 g/mol. The number of amides is 1. The average Bonchev–Trinajstić information content (AvgIpc) is 2.83. The topological polar surface area (TPSA) is 20.3 Å². The molecule has 0 spiro atoms. The lowest BCUT2D eigenvalue weighted by Crippen LogP contribution is -2.27. The van der Waals surface area contributed by atoms with Crippen molar-refractivity contribution in [2.24, 2.45) is 0 Å². The van der Waals surface area contributed by atoms with Crippen molar-refractivity contribution in [3.63, 3.8) is 0 Å². The van der Waals surface area contributed by atoms with E-state index in [2.05, 4.69) is 0 Å². The van der Waals surface area contributed by atoms with Crippen molar-refractivity contribution in [1.29, 1.82) is 0 Å². The maximum absolute atomic E-state index is 12.7. The summed E-state index contributed by atoms with van der Waals surface area (Å²) in [5.41, 5.74) is 2.83. The SMILES string of the molecule is CC(=Cc1ccccc1)/C=C1\SC(=S)N(c2ccc(Cl)cc2)C1=O. The molecule has 0 saturated carbocycles. The van der Waals surface area contributed by atoms with Crippen LogP contribution in [0.25, 0.3) is 6.08 Å². The molecule has 1 aliphatic rings. The van der Waals surface area contributed by atoms with E-state index >= 15 is 0 Å². The van der Waals surface area contributed by atoms with E-state index in [1.54, 1.807) is 24.3 Å². The molecule has 0 bridgehead atoms. The zero-order valence-electron chi connectivity index (χ0n) is 12.9. The predicted octanol–water partition coefficient (Wildman–Crippen LogP) is 5.69. The number of halogens is 1. The zero-order valence-corrected chi connectivity index (χ0v) is 15.3. The highest BCUT2D eigenvalue weighted by Crippen LogP contribution is 2.35. The number of nitrogens with zero attached hydrogens (tertiary/aromatic N) is 1.